The summed E-state index contributed by atoms with van der Waals surface area (Å²) in [4.78, 5) is 4.86. The molecule has 1 aliphatic carbocycles. The van der Waals surface area contributed by atoms with E-state index in [0.717, 1.165) is 23.9 Å². The molecule has 2 aliphatic rings. The zero-order valence-electron chi connectivity index (χ0n) is 21.7. The number of allylic oxidation sites excluding steroid dienone is 1. The van der Waals surface area contributed by atoms with E-state index in [9.17, 15) is 0 Å². The highest BCUT2D eigenvalue weighted by molar-refractivity contribution is 6.04. The maximum absolute atomic E-state index is 7.88. The number of rotatable bonds is 5. The normalized spacial score (nSPS) is 19.8. The Morgan fingerprint density at radius 2 is 1.80 bits per heavy atom. The van der Waals surface area contributed by atoms with Crippen LogP contribution < -0.4 is 5.73 Å². The highest BCUT2D eigenvalue weighted by Gasteiger charge is 2.40. The number of amidine groups is 1. The molecule has 3 aromatic carbocycles. The van der Waals surface area contributed by atoms with Gasteiger partial charge in [0.15, 0.2) is 0 Å². The third kappa shape index (κ3) is 4.82. The Balaban J connectivity index is 1.51. The van der Waals surface area contributed by atoms with Crippen LogP contribution in [0.5, 0.6) is 0 Å². The van der Waals surface area contributed by atoms with Crippen LogP contribution in [0.2, 0.25) is 0 Å². The van der Waals surface area contributed by atoms with Gasteiger partial charge < -0.3 is 5.73 Å². The molecule has 180 valence electrons. The SMILES string of the molecule is CC(C)C1=NCCc2ccc(C3CC3c3cc(C=CC(C)(C)C)c4cc(C(=N)N)ccc4c3)cc21. The van der Waals surface area contributed by atoms with Gasteiger partial charge in [-0.15, -0.1) is 0 Å². The Hall–Kier alpha value is -3.20. The lowest BCUT2D eigenvalue weighted by Gasteiger charge is -2.20. The van der Waals surface area contributed by atoms with Crippen LogP contribution in [-0.4, -0.2) is 18.1 Å². The van der Waals surface area contributed by atoms with Crippen molar-refractivity contribution < 1.29 is 0 Å². The van der Waals surface area contributed by atoms with Gasteiger partial charge in [0.05, 0.1) is 0 Å². The number of nitrogens with zero attached hydrogens (tertiary/aromatic N) is 1. The number of nitrogen functional groups attached to an aromatic ring is 1. The van der Waals surface area contributed by atoms with Crippen molar-refractivity contribution in [2.24, 2.45) is 22.1 Å². The highest BCUT2D eigenvalue weighted by atomic mass is 14.8. The number of nitrogens with two attached hydrogens (primary N) is 1. The maximum Gasteiger partial charge on any atom is 0.122 e. The second-order valence-corrected chi connectivity index (χ2v) is 11.7. The van der Waals surface area contributed by atoms with Crippen LogP contribution in [0.3, 0.4) is 0 Å². The number of nitrogens with one attached hydrogen (secondary N) is 1. The fourth-order valence-electron chi connectivity index (χ4n) is 5.36. The Bertz CT molecular complexity index is 1370. The third-order valence-electron chi connectivity index (χ3n) is 7.35. The summed E-state index contributed by atoms with van der Waals surface area (Å²) >= 11 is 0. The van der Waals surface area contributed by atoms with Crippen molar-refractivity contribution in [1.29, 1.82) is 5.41 Å². The first-order chi connectivity index (χ1) is 16.6. The monoisotopic (exact) mass is 463 g/mol. The molecule has 0 bridgehead atoms. The third-order valence-corrected chi connectivity index (χ3v) is 7.35. The molecule has 1 aliphatic heterocycles. The van der Waals surface area contributed by atoms with Crippen LogP contribution >= 0.6 is 0 Å². The number of aliphatic imine (C=N–C) groups is 1. The van der Waals surface area contributed by atoms with Gasteiger partial charge >= 0.3 is 0 Å². The molecule has 3 nitrogen and oxygen atoms in total. The number of hydrogen-bond acceptors (Lipinski definition) is 2. The van der Waals surface area contributed by atoms with Crippen LogP contribution in [0.1, 0.15) is 86.3 Å². The summed E-state index contributed by atoms with van der Waals surface area (Å²) in [5.41, 5.74) is 14.8. The lowest BCUT2D eigenvalue weighted by molar-refractivity contribution is 0.547. The number of fused-ring (bicyclic) bond motifs is 2. The predicted octanol–water partition coefficient (Wildman–Crippen LogP) is 7.46. The average molecular weight is 464 g/mol. The molecule has 5 rings (SSSR count). The summed E-state index contributed by atoms with van der Waals surface area (Å²) in [6.07, 6.45) is 6.76. The van der Waals surface area contributed by atoms with Crippen molar-refractivity contribution in [1.82, 2.24) is 0 Å². The van der Waals surface area contributed by atoms with Gasteiger partial charge in [0.2, 0.25) is 0 Å². The molecular formula is C32H37N3. The highest BCUT2D eigenvalue weighted by Crippen LogP contribution is 2.55. The molecule has 3 N–H and O–H groups in total. The van der Waals surface area contributed by atoms with E-state index in [1.54, 1.807) is 0 Å². The fourth-order valence-corrected chi connectivity index (χ4v) is 5.36. The van der Waals surface area contributed by atoms with Crippen molar-refractivity contribution >= 4 is 28.4 Å². The molecule has 2 unspecified atom stereocenters. The average Bonchev–Trinajstić information content (AvgIpc) is 3.61. The smallest absolute Gasteiger partial charge is 0.122 e. The van der Waals surface area contributed by atoms with Crippen molar-refractivity contribution in [2.45, 2.75) is 59.3 Å². The van der Waals surface area contributed by atoms with Crippen LogP contribution in [0.15, 0.2) is 59.6 Å². The van der Waals surface area contributed by atoms with E-state index in [0.29, 0.717) is 17.8 Å². The summed E-state index contributed by atoms with van der Waals surface area (Å²) in [7, 11) is 0. The lowest BCUT2D eigenvalue weighted by atomic mass is 9.88. The van der Waals surface area contributed by atoms with Crippen molar-refractivity contribution in [3.8, 4) is 0 Å². The van der Waals surface area contributed by atoms with Crippen molar-refractivity contribution in [3.63, 3.8) is 0 Å². The topological polar surface area (TPSA) is 62.2 Å². The Kier molecular flexibility index (Phi) is 5.91. The fraction of sp³-hybridized carbons (Fsp3) is 0.375. The largest absolute Gasteiger partial charge is 0.384 e. The molecule has 2 atom stereocenters. The molecule has 3 aromatic rings. The quantitative estimate of drug-likeness (QED) is 0.299. The van der Waals surface area contributed by atoms with Gasteiger partial charge in [-0.2, -0.15) is 0 Å². The summed E-state index contributed by atoms with van der Waals surface area (Å²) < 4.78 is 0. The van der Waals surface area contributed by atoms with E-state index in [2.05, 4.69) is 89.2 Å². The van der Waals surface area contributed by atoms with E-state index in [-0.39, 0.29) is 11.3 Å². The molecule has 0 amide bonds. The first-order valence-electron chi connectivity index (χ1n) is 12.9. The second-order valence-electron chi connectivity index (χ2n) is 11.7. The van der Waals surface area contributed by atoms with Gasteiger partial charge in [-0.1, -0.05) is 83.2 Å². The predicted molar refractivity (Wildman–Crippen MR) is 150 cm³/mol. The van der Waals surface area contributed by atoms with Gasteiger partial charge in [0, 0.05) is 17.8 Å². The van der Waals surface area contributed by atoms with E-state index in [1.165, 1.54) is 45.3 Å². The number of hydrogen-bond donors (Lipinski definition) is 2. The molecule has 0 saturated heterocycles. The van der Waals surface area contributed by atoms with Crippen molar-refractivity contribution in [2.75, 3.05) is 6.54 Å². The van der Waals surface area contributed by atoms with Crippen LogP contribution in [0.25, 0.3) is 16.8 Å². The molecular weight excluding hydrogens is 426 g/mol. The first-order valence-corrected chi connectivity index (χ1v) is 12.9. The minimum atomic E-state index is 0.0986. The van der Waals surface area contributed by atoms with Gasteiger partial charge in [-0.3, -0.25) is 10.4 Å². The lowest BCUT2D eigenvalue weighted by Crippen LogP contribution is -2.18. The van der Waals surface area contributed by atoms with Gasteiger partial charge in [-0.05, 0) is 86.7 Å². The molecule has 0 aromatic heterocycles. The summed E-state index contributed by atoms with van der Waals surface area (Å²) in [5.74, 6) is 1.66. The van der Waals surface area contributed by atoms with Crippen LogP contribution in [0, 0.1) is 16.7 Å². The first kappa shape index (κ1) is 23.5. The molecule has 0 radical (unpaired) electrons. The number of benzene rings is 3. The summed E-state index contributed by atoms with van der Waals surface area (Å²) in [6, 6.07) is 18.0. The Morgan fingerprint density at radius 1 is 1.03 bits per heavy atom. The van der Waals surface area contributed by atoms with E-state index >= 15 is 0 Å². The van der Waals surface area contributed by atoms with E-state index in [4.69, 9.17) is 16.1 Å². The standard InChI is InChI=1S/C32H37N3/c1-19(2)30-29-16-22(7-6-20(29)11-13-35-30)27-18-28(27)25-14-21-8-9-24(31(33)34)17-26(21)23(15-25)10-12-32(3,4)5/h6-10,12,14-17,19,27-28H,11,13,18H2,1-5H3,(H3,33,34). The zero-order chi connectivity index (χ0) is 24.9. The Morgan fingerprint density at radius 3 is 2.51 bits per heavy atom. The van der Waals surface area contributed by atoms with Gasteiger partial charge in [-0.25, -0.2) is 0 Å². The van der Waals surface area contributed by atoms with E-state index < -0.39 is 0 Å². The van der Waals surface area contributed by atoms with Crippen LogP contribution in [-0.2, 0) is 6.42 Å². The molecule has 1 saturated carbocycles. The molecule has 0 spiro atoms. The van der Waals surface area contributed by atoms with Gasteiger partial charge in [0.25, 0.3) is 0 Å². The zero-order valence-corrected chi connectivity index (χ0v) is 21.7. The minimum Gasteiger partial charge on any atom is -0.384 e. The van der Waals surface area contributed by atoms with Crippen molar-refractivity contribution in [3.05, 3.63) is 88.0 Å². The summed E-state index contributed by atoms with van der Waals surface area (Å²) in [5, 5.41) is 10.3. The Labute approximate surface area is 209 Å². The second kappa shape index (κ2) is 8.78. The molecule has 1 heterocycles. The summed E-state index contributed by atoms with van der Waals surface area (Å²) in [6.45, 7) is 12.1. The van der Waals surface area contributed by atoms with Crippen LogP contribution in [0.4, 0.5) is 0 Å². The molecule has 3 heteroatoms. The van der Waals surface area contributed by atoms with Gasteiger partial charge in [0.1, 0.15) is 5.84 Å². The molecule has 35 heavy (non-hydrogen) atoms. The maximum atomic E-state index is 7.88. The minimum absolute atomic E-state index is 0.0986. The molecule has 1 fully saturated rings. The van der Waals surface area contributed by atoms with E-state index in [1.807, 2.05) is 6.07 Å².